The lowest BCUT2D eigenvalue weighted by molar-refractivity contribution is -0.127. The molecule has 172 valence electrons. The number of hydrogen-bond acceptors (Lipinski definition) is 6. The van der Waals surface area contributed by atoms with E-state index in [1.165, 1.54) is 11.8 Å². The summed E-state index contributed by atoms with van der Waals surface area (Å²) in [5.41, 5.74) is 1.34. The van der Waals surface area contributed by atoms with Crippen molar-refractivity contribution in [3.63, 3.8) is 0 Å². The standard InChI is InChI=1S/C25H19ClN2O4S2/c1-32-19-10-8-18(9-11-19)27-23(29)15-28-24(30)22(34-25(28)31)14-16-4-2-3-5-21(16)33-20-12-6-17(26)7-13-20/h2-14H,15H2,1H3,(H,27,29)/b22-14-. The second kappa shape index (κ2) is 10.8. The minimum absolute atomic E-state index is 0.270. The number of ether oxygens (including phenoxy) is 1. The van der Waals surface area contributed by atoms with Crippen LogP contribution in [0.3, 0.4) is 0 Å². The Hall–Kier alpha value is -3.20. The maximum atomic E-state index is 12.9. The molecule has 0 aliphatic carbocycles. The topological polar surface area (TPSA) is 75.7 Å². The molecular formula is C25H19ClN2O4S2. The van der Waals surface area contributed by atoms with E-state index in [-0.39, 0.29) is 11.4 Å². The van der Waals surface area contributed by atoms with Gasteiger partial charge in [0, 0.05) is 20.5 Å². The van der Waals surface area contributed by atoms with Crippen LogP contribution in [0.25, 0.3) is 6.08 Å². The van der Waals surface area contributed by atoms with E-state index in [2.05, 4.69) is 5.32 Å². The van der Waals surface area contributed by atoms with Gasteiger partial charge in [-0.25, -0.2) is 0 Å². The predicted molar refractivity (Wildman–Crippen MR) is 136 cm³/mol. The van der Waals surface area contributed by atoms with Crippen LogP contribution in [0.15, 0.2) is 87.5 Å². The molecule has 1 saturated heterocycles. The molecule has 0 radical (unpaired) electrons. The number of thioether (sulfide) groups is 1. The molecule has 0 unspecified atom stereocenters. The quantitative estimate of drug-likeness (QED) is 0.383. The zero-order valence-corrected chi connectivity index (χ0v) is 20.4. The molecule has 0 aromatic heterocycles. The van der Waals surface area contributed by atoms with Gasteiger partial charge in [-0.1, -0.05) is 41.6 Å². The van der Waals surface area contributed by atoms with Gasteiger partial charge in [-0.05, 0) is 78.0 Å². The van der Waals surface area contributed by atoms with Crippen LogP contribution in [0, 0.1) is 0 Å². The Labute approximate surface area is 210 Å². The van der Waals surface area contributed by atoms with Crippen molar-refractivity contribution < 1.29 is 19.1 Å². The van der Waals surface area contributed by atoms with Gasteiger partial charge in [0.05, 0.1) is 12.0 Å². The molecule has 0 bridgehead atoms. The fraction of sp³-hybridized carbons (Fsp3) is 0.0800. The van der Waals surface area contributed by atoms with Crippen molar-refractivity contribution in [1.29, 1.82) is 0 Å². The van der Waals surface area contributed by atoms with Crippen LogP contribution in [0.5, 0.6) is 5.75 Å². The van der Waals surface area contributed by atoms with Crippen molar-refractivity contribution in [2.75, 3.05) is 19.0 Å². The van der Waals surface area contributed by atoms with Crippen molar-refractivity contribution in [1.82, 2.24) is 4.90 Å². The summed E-state index contributed by atoms with van der Waals surface area (Å²) in [6.07, 6.45) is 1.69. The highest BCUT2D eigenvalue weighted by Gasteiger charge is 2.36. The van der Waals surface area contributed by atoms with E-state index in [1.807, 2.05) is 48.5 Å². The van der Waals surface area contributed by atoms with Gasteiger partial charge in [0.15, 0.2) is 0 Å². The highest BCUT2D eigenvalue weighted by atomic mass is 35.5. The smallest absolute Gasteiger partial charge is 0.294 e. The van der Waals surface area contributed by atoms with E-state index in [0.29, 0.717) is 16.5 Å². The van der Waals surface area contributed by atoms with Crippen LogP contribution in [-0.2, 0) is 9.59 Å². The van der Waals surface area contributed by atoms with Gasteiger partial charge >= 0.3 is 0 Å². The van der Waals surface area contributed by atoms with Gasteiger partial charge in [-0.3, -0.25) is 19.3 Å². The van der Waals surface area contributed by atoms with Crippen molar-refractivity contribution >= 4 is 63.9 Å². The summed E-state index contributed by atoms with van der Waals surface area (Å²) in [5.74, 6) is -0.304. The molecule has 1 N–H and O–H groups in total. The van der Waals surface area contributed by atoms with E-state index in [9.17, 15) is 14.4 Å². The molecule has 4 rings (SSSR count). The van der Waals surface area contributed by atoms with E-state index in [1.54, 1.807) is 37.5 Å². The third kappa shape index (κ3) is 5.83. The minimum atomic E-state index is -0.494. The maximum absolute atomic E-state index is 12.9. The van der Waals surface area contributed by atoms with Crippen molar-refractivity contribution in [3.8, 4) is 5.75 Å². The lowest BCUT2D eigenvalue weighted by atomic mass is 10.2. The summed E-state index contributed by atoms with van der Waals surface area (Å²) >= 11 is 8.32. The number of rotatable bonds is 7. The zero-order valence-electron chi connectivity index (χ0n) is 18.0. The SMILES string of the molecule is COc1ccc(NC(=O)CN2C(=O)S/C(=C\c3ccccc3Sc3ccc(Cl)cc3)C2=O)cc1. The van der Waals surface area contributed by atoms with Crippen LogP contribution < -0.4 is 10.1 Å². The lowest BCUT2D eigenvalue weighted by Gasteiger charge is -2.12. The highest BCUT2D eigenvalue weighted by molar-refractivity contribution is 8.18. The molecule has 1 fully saturated rings. The number of hydrogen-bond donors (Lipinski definition) is 1. The zero-order chi connectivity index (χ0) is 24.1. The van der Waals surface area contributed by atoms with Crippen molar-refractivity contribution in [2.45, 2.75) is 9.79 Å². The number of imide groups is 1. The Balaban J connectivity index is 1.46. The number of methoxy groups -OCH3 is 1. The van der Waals surface area contributed by atoms with Crippen LogP contribution in [-0.4, -0.2) is 35.6 Å². The van der Waals surface area contributed by atoms with E-state index < -0.39 is 17.1 Å². The second-order valence-corrected chi connectivity index (χ2v) is 9.68. The lowest BCUT2D eigenvalue weighted by Crippen LogP contribution is -2.36. The molecule has 1 heterocycles. The molecule has 0 spiro atoms. The van der Waals surface area contributed by atoms with Gasteiger partial charge in [0.2, 0.25) is 5.91 Å². The molecule has 9 heteroatoms. The molecule has 1 aliphatic rings. The Morgan fingerprint density at radius 2 is 1.76 bits per heavy atom. The number of nitrogens with one attached hydrogen (secondary N) is 1. The molecule has 6 nitrogen and oxygen atoms in total. The number of carbonyl (C=O) groups is 3. The second-order valence-electron chi connectivity index (χ2n) is 7.14. The minimum Gasteiger partial charge on any atom is -0.497 e. The molecule has 34 heavy (non-hydrogen) atoms. The summed E-state index contributed by atoms with van der Waals surface area (Å²) in [4.78, 5) is 40.9. The first-order chi connectivity index (χ1) is 16.4. The van der Waals surface area contributed by atoms with Crippen LogP contribution >= 0.6 is 35.1 Å². The summed E-state index contributed by atoms with van der Waals surface area (Å²) in [6.45, 7) is -0.366. The van der Waals surface area contributed by atoms with Crippen LogP contribution in [0.2, 0.25) is 5.02 Å². The first-order valence-electron chi connectivity index (χ1n) is 10.1. The Bertz CT molecular complexity index is 1260. The van der Waals surface area contributed by atoms with Gasteiger partial charge in [-0.2, -0.15) is 0 Å². The average Bonchev–Trinajstić information content (AvgIpc) is 3.09. The average molecular weight is 511 g/mol. The summed E-state index contributed by atoms with van der Waals surface area (Å²) in [6, 6.07) is 21.8. The molecule has 1 aliphatic heterocycles. The van der Waals surface area contributed by atoms with Crippen molar-refractivity contribution in [3.05, 3.63) is 88.3 Å². The Morgan fingerprint density at radius 1 is 1.06 bits per heavy atom. The molecule has 0 saturated carbocycles. The number of nitrogens with zero attached hydrogens (tertiary/aromatic N) is 1. The highest BCUT2D eigenvalue weighted by Crippen LogP contribution is 2.36. The number of benzene rings is 3. The normalized spacial score (nSPS) is 14.5. The van der Waals surface area contributed by atoms with E-state index in [4.69, 9.17) is 16.3 Å². The summed E-state index contributed by atoms with van der Waals surface area (Å²) < 4.78 is 5.09. The number of anilines is 1. The summed E-state index contributed by atoms with van der Waals surface area (Å²) in [5, 5.41) is 2.86. The Kier molecular flexibility index (Phi) is 7.62. The van der Waals surface area contributed by atoms with E-state index in [0.717, 1.165) is 32.0 Å². The monoisotopic (exact) mass is 510 g/mol. The van der Waals surface area contributed by atoms with Crippen molar-refractivity contribution in [2.24, 2.45) is 0 Å². The fourth-order valence-electron chi connectivity index (χ4n) is 3.12. The molecule has 3 aromatic rings. The number of amides is 3. The third-order valence-corrected chi connectivity index (χ3v) is 7.06. The molecule has 3 aromatic carbocycles. The largest absolute Gasteiger partial charge is 0.497 e. The van der Waals surface area contributed by atoms with E-state index >= 15 is 0 Å². The summed E-state index contributed by atoms with van der Waals surface area (Å²) in [7, 11) is 1.55. The van der Waals surface area contributed by atoms with Gasteiger partial charge in [-0.15, -0.1) is 0 Å². The van der Waals surface area contributed by atoms with Crippen LogP contribution in [0.4, 0.5) is 10.5 Å². The first-order valence-corrected chi connectivity index (χ1v) is 12.2. The van der Waals surface area contributed by atoms with Crippen LogP contribution in [0.1, 0.15) is 5.56 Å². The van der Waals surface area contributed by atoms with Gasteiger partial charge in [0.1, 0.15) is 12.3 Å². The first kappa shape index (κ1) is 23.9. The van der Waals surface area contributed by atoms with Gasteiger partial charge in [0.25, 0.3) is 11.1 Å². The fourth-order valence-corrected chi connectivity index (χ4v) is 4.99. The molecular weight excluding hydrogens is 492 g/mol. The molecule has 3 amide bonds. The van der Waals surface area contributed by atoms with Gasteiger partial charge < -0.3 is 10.1 Å². The molecule has 0 atom stereocenters. The maximum Gasteiger partial charge on any atom is 0.294 e. The number of carbonyl (C=O) groups excluding carboxylic acids is 3. The third-order valence-electron chi connectivity index (χ3n) is 4.80. The predicted octanol–water partition coefficient (Wildman–Crippen LogP) is 6.17. The number of halogens is 1. The Morgan fingerprint density at radius 3 is 2.47 bits per heavy atom.